The van der Waals surface area contributed by atoms with Gasteiger partial charge in [0.15, 0.2) is 5.96 Å². The van der Waals surface area contributed by atoms with Crippen molar-refractivity contribution in [1.82, 2.24) is 15.5 Å². The van der Waals surface area contributed by atoms with Crippen LogP contribution in [0.3, 0.4) is 0 Å². The lowest BCUT2D eigenvalue weighted by Gasteiger charge is -2.26. The average molecular weight is 512 g/mol. The summed E-state index contributed by atoms with van der Waals surface area (Å²) in [4.78, 5) is 6.53. The molecular weight excluding hydrogens is 479 g/mol. The number of para-hydroxylation sites is 1. The quantitative estimate of drug-likeness (QED) is 0.305. The van der Waals surface area contributed by atoms with E-state index in [0.29, 0.717) is 19.7 Å². The Hall–Kier alpha value is -2.00. The Balaban J connectivity index is 0.00000420. The van der Waals surface area contributed by atoms with Crippen LogP contribution >= 0.6 is 24.0 Å². The number of ether oxygens (including phenoxy) is 2. The van der Waals surface area contributed by atoms with E-state index in [9.17, 15) is 0 Å². The Morgan fingerprint density at radius 2 is 1.86 bits per heavy atom. The molecule has 0 spiro atoms. The number of hydrogen-bond donors (Lipinski definition) is 2. The van der Waals surface area contributed by atoms with Crippen LogP contribution in [-0.2, 0) is 6.54 Å². The number of nitrogens with one attached hydrogen (secondary N) is 2. The molecule has 0 heterocycles. The fraction of sp³-hybridized carbons (Fsp3) is 0.409. The first kappa shape index (κ1) is 25.0. The van der Waals surface area contributed by atoms with Crippen molar-refractivity contribution in [3.05, 3.63) is 59.7 Å². The first-order valence-electron chi connectivity index (χ1n) is 9.54. The lowest BCUT2D eigenvalue weighted by atomic mass is 10.1. The smallest absolute Gasteiger partial charge is 0.191 e. The number of methoxy groups -OCH3 is 1. The summed E-state index contributed by atoms with van der Waals surface area (Å²) in [5.74, 6) is 2.51. The van der Waals surface area contributed by atoms with Gasteiger partial charge in [-0.1, -0.05) is 30.3 Å². The van der Waals surface area contributed by atoms with Gasteiger partial charge in [0, 0.05) is 25.7 Å². The zero-order valence-electron chi connectivity index (χ0n) is 17.9. The second-order valence-corrected chi connectivity index (χ2v) is 6.60. The number of aliphatic imine (C=N–C) groups is 1. The van der Waals surface area contributed by atoms with Crippen molar-refractivity contribution in [3.8, 4) is 11.5 Å². The third-order valence-electron chi connectivity index (χ3n) is 4.51. The highest BCUT2D eigenvalue weighted by molar-refractivity contribution is 14.0. The standard InChI is InChI=1S/C22H32N4O2.HI/c1-6-28-21-13-8-7-10-18(21)15-24-22(23-2)25-16-20(26(3)4)17-11-9-12-19(14-17)27-5;/h7-14,20H,6,15-16H2,1-5H3,(H2,23,24,25);1H. The molecule has 1 atom stereocenters. The number of benzene rings is 2. The SMILES string of the molecule is CCOc1ccccc1CNC(=NC)NCC(c1cccc(OC)c1)N(C)C.I. The van der Waals surface area contributed by atoms with Gasteiger partial charge < -0.3 is 25.0 Å². The highest BCUT2D eigenvalue weighted by atomic mass is 127. The van der Waals surface area contributed by atoms with Gasteiger partial charge in [0.2, 0.25) is 0 Å². The molecule has 0 aliphatic carbocycles. The van der Waals surface area contributed by atoms with Gasteiger partial charge in [0.25, 0.3) is 0 Å². The zero-order valence-corrected chi connectivity index (χ0v) is 20.3. The van der Waals surface area contributed by atoms with E-state index >= 15 is 0 Å². The fourth-order valence-corrected chi connectivity index (χ4v) is 2.99. The van der Waals surface area contributed by atoms with Gasteiger partial charge in [-0.25, -0.2) is 0 Å². The lowest BCUT2D eigenvalue weighted by Crippen LogP contribution is -2.41. The maximum absolute atomic E-state index is 5.69. The molecule has 0 bridgehead atoms. The lowest BCUT2D eigenvalue weighted by molar-refractivity contribution is 0.297. The van der Waals surface area contributed by atoms with Crippen molar-refractivity contribution in [2.75, 3.05) is 41.4 Å². The van der Waals surface area contributed by atoms with Gasteiger partial charge in [-0.3, -0.25) is 4.99 Å². The van der Waals surface area contributed by atoms with E-state index in [2.05, 4.69) is 52.8 Å². The normalized spacial score (nSPS) is 12.1. The fourth-order valence-electron chi connectivity index (χ4n) is 2.99. The predicted molar refractivity (Wildman–Crippen MR) is 131 cm³/mol. The van der Waals surface area contributed by atoms with E-state index in [4.69, 9.17) is 9.47 Å². The third-order valence-corrected chi connectivity index (χ3v) is 4.51. The van der Waals surface area contributed by atoms with E-state index in [1.807, 2.05) is 37.3 Å². The summed E-state index contributed by atoms with van der Waals surface area (Å²) in [7, 11) is 7.61. The molecule has 160 valence electrons. The van der Waals surface area contributed by atoms with Crippen molar-refractivity contribution in [2.24, 2.45) is 4.99 Å². The second-order valence-electron chi connectivity index (χ2n) is 6.60. The Kier molecular flexibility index (Phi) is 11.5. The zero-order chi connectivity index (χ0) is 20.4. The second kappa shape index (κ2) is 13.3. The Morgan fingerprint density at radius 1 is 1.10 bits per heavy atom. The number of rotatable bonds is 9. The summed E-state index contributed by atoms with van der Waals surface area (Å²) in [5, 5.41) is 6.79. The molecular formula is C22H33IN4O2. The molecule has 0 aromatic heterocycles. The summed E-state index contributed by atoms with van der Waals surface area (Å²) in [6.07, 6.45) is 0. The van der Waals surface area contributed by atoms with Crippen molar-refractivity contribution >= 4 is 29.9 Å². The molecule has 2 aromatic carbocycles. The topological polar surface area (TPSA) is 58.1 Å². The molecule has 0 saturated carbocycles. The van der Waals surface area contributed by atoms with Crippen LogP contribution in [0.4, 0.5) is 0 Å². The van der Waals surface area contributed by atoms with Crippen LogP contribution in [0.5, 0.6) is 11.5 Å². The summed E-state index contributed by atoms with van der Waals surface area (Å²) in [6.45, 7) is 3.99. The van der Waals surface area contributed by atoms with Gasteiger partial charge in [-0.15, -0.1) is 24.0 Å². The molecule has 6 nitrogen and oxygen atoms in total. The van der Waals surface area contributed by atoms with Gasteiger partial charge in [0.05, 0.1) is 19.8 Å². The number of guanidine groups is 1. The first-order chi connectivity index (χ1) is 13.6. The van der Waals surface area contributed by atoms with Crippen LogP contribution in [0, 0.1) is 0 Å². The Bertz CT molecular complexity index is 768. The Morgan fingerprint density at radius 3 is 2.52 bits per heavy atom. The molecule has 7 heteroatoms. The van der Waals surface area contributed by atoms with Crippen LogP contribution in [0.15, 0.2) is 53.5 Å². The predicted octanol–water partition coefficient (Wildman–Crippen LogP) is 3.68. The van der Waals surface area contributed by atoms with Crippen molar-refractivity contribution in [3.63, 3.8) is 0 Å². The number of hydrogen-bond acceptors (Lipinski definition) is 4. The number of halogens is 1. The summed E-state index contributed by atoms with van der Waals surface area (Å²) in [6, 6.07) is 16.4. The summed E-state index contributed by atoms with van der Waals surface area (Å²) in [5.41, 5.74) is 2.29. The van der Waals surface area contributed by atoms with Crippen LogP contribution in [0.25, 0.3) is 0 Å². The molecule has 2 aromatic rings. The molecule has 0 radical (unpaired) electrons. The summed E-state index contributed by atoms with van der Waals surface area (Å²) < 4.78 is 11.1. The maximum atomic E-state index is 5.69. The van der Waals surface area contributed by atoms with E-state index in [0.717, 1.165) is 23.0 Å². The number of nitrogens with zero attached hydrogens (tertiary/aromatic N) is 2. The average Bonchev–Trinajstić information content (AvgIpc) is 2.71. The largest absolute Gasteiger partial charge is 0.497 e. The molecule has 1 unspecified atom stereocenters. The van der Waals surface area contributed by atoms with Crippen molar-refractivity contribution in [1.29, 1.82) is 0 Å². The molecule has 0 aliphatic heterocycles. The van der Waals surface area contributed by atoms with Gasteiger partial charge in [0.1, 0.15) is 11.5 Å². The van der Waals surface area contributed by atoms with Gasteiger partial charge in [-0.2, -0.15) is 0 Å². The van der Waals surface area contributed by atoms with Crippen LogP contribution in [0.2, 0.25) is 0 Å². The maximum Gasteiger partial charge on any atom is 0.191 e. The van der Waals surface area contributed by atoms with Crippen LogP contribution in [-0.4, -0.2) is 52.3 Å². The first-order valence-corrected chi connectivity index (χ1v) is 9.54. The van der Waals surface area contributed by atoms with E-state index in [1.165, 1.54) is 5.56 Å². The Labute approximate surface area is 191 Å². The van der Waals surface area contributed by atoms with Crippen molar-refractivity contribution < 1.29 is 9.47 Å². The van der Waals surface area contributed by atoms with Crippen LogP contribution < -0.4 is 20.1 Å². The molecule has 0 saturated heterocycles. The minimum absolute atomic E-state index is 0. The molecule has 0 aliphatic rings. The molecule has 0 amide bonds. The van der Waals surface area contributed by atoms with Gasteiger partial charge in [-0.05, 0) is 44.8 Å². The number of likely N-dealkylation sites (N-methyl/N-ethyl adjacent to an activating group) is 1. The van der Waals surface area contributed by atoms with Crippen molar-refractivity contribution in [2.45, 2.75) is 19.5 Å². The van der Waals surface area contributed by atoms with E-state index < -0.39 is 0 Å². The monoisotopic (exact) mass is 512 g/mol. The third kappa shape index (κ3) is 7.74. The molecule has 2 N–H and O–H groups in total. The summed E-state index contributed by atoms with van der Waals surface area (Å²) >= 11 is 0. The minimum Gasteiger partial charge on any atom is -0.497 e. The highest BCUT2D eigenvalue weighted by Gasteiger charge is 2.15. The molecule has 2 rings (SSSR count). The highest BCUT2D eigenvalue weighted by Crippen LogP contribution is 2.22. The van der Waals surface area contributed by atoms with E-state index in [1.54, 1.807) is 14.2 Å². The molecule has 0 fully saturated rings. The molecule has 29 heavy (non-hydrogen) atoms. The minimum atomic E-state index is 0. The van der Waals surface area contributed by atoms with Gasteiger partial charge >= 0.3 is 0 Å². The van der Waals surface area contributed by atoms with E-state index in [-0.39, 0.29) is 30.0 Å². The van der Waals surface area contributed by atoms with Crippen LogP contribution in [0.1, 0.15) is 24.1 Å².